The number of benzene rings is 1. The highest BCUT2D eigenvalue weighted by Gasteiger charge is 2.16. The number of anilines is 1. The van der Waals surface area contributed by atoms with E-state index in [-0.39, 0.29) is 17.0 Å². The van der Waals surface area contributed by atoms with E-state index in [9.17, 15) is 4.79 Å². The van der Waals surface area contributed by atoms with Crippen LogP contribution in [0.5, 0.6) is 0 Å². The minimum absolute atomic E-state index is 0.231. The van der Waals surface area contributed by atoms with E-state index in [4.69, 9.17) is 17.3 Å². The van der Waals surface area contributed by atoms with Crippen LogP contribution in [0.1, 0.15) is 29.1 Å². The molecular formula is C12H13ClN4O. The molecule has 2 aromatic rings. The van der Waals surface area contributed by atoms with Crippen LogP contribution in [0.25, 0.3) is 0 Å². The van der Waals surface area contributed by atoms with E-state index in [1.165, 1.54) is 0 Å². The van der Waals surface area contributed by atoms with Gasteiger partial charge in [0.05, 0.1) is 22.3 Å². The van der Waals surface area contributed by atoms with E-state index in [0.717, 1.165) is 0 Å². The molecule has 0 spiro atoms. The van der Waals surface area contributed by atoms with Gasteiger partial charge >= 0.3 is 0 Å². The Balaban J connectivity index is 2.15. The van der Waals surface area contributed by atoms with Gasteiger partial charge in [0.2, 0.25) is 0 Å². The Hall–Kier alpha value is -2.01. The van der Waals surface area contributed by atoms with Crippen LogP contribution in [-0.4, -0.2) is 15.9 Å². The van der Waals surface area contributed by atoms with Crippen molar-refractivity contribution in [3.63, 3.8) is 0 Å². The van der Waals surface area contributed by atoms with Gasteiger partial charge in [0, 0.05) is 12.4 Å². The zero-order valence-electron chi connectivity index (χ0n) is 9.77. The van der Waals surface area contributed by atoms with Gasteiger partial charge in [0.15, 0.2) is 0 Å². The maximum absolute atomic E-state index is 12.0. The lowest BCUT2D eigenvalue weighted by Crippen LogP contribution is -2.27. The molecule has 5 nitrogen and oxygen atoms in total. The summed E-state index contributed by atoms with van der Waals surface area (Å²) in [7, 11) is 0. The second-order valence-corrected chi connectivity index (χ2v) is 4.26. The van der Waals surface area contributed by atoms with E-state index < -0.39 is 0 Å². The molecule has 1 unspecified atom stereocenters. The molecule has 0 fully saturated rings. The fourth-order valence-electron chi connectivity index (χ4n) is 1.58. The first-order valence-corrected chi connectivity index (χ1v) is 5.81. The van der Waals surface area contributed by atoms with E-state index in [0.29, 0.717) is 17.1 Å². The van der Waals surface area contributed by atoms with Crippen molar-refractivity contribution in [2.75, 3.05) is 5.73 Å². The van der Waals surface area contributed by atoms with Gasteiger partial charge in [-0.3, -0.25) is 4.79 Å². The number of carbonyl (C=O) groups excluding carboxylic acids is 1. The van der Waals surface area contributed by atoms with Gasteiger partial charge in [0.1, 0.15) is 5.82 Å². The Bertz CT molecular complexity index is 553. The SMILES string of the molecule is CC(NC(=O)c1cccc(N)c1Cl)c1ncc[nH]1. The molecule has 0 saturated carbocycles. The van der Waals surface area contributed by atoms with E-state index in [1.54, 1.807) is 30.6 Å². The molecule has 0 saturated heterocycles. The van der Waals surface area contributed by atoms with Crippen molar-refractivity contribution >= 4 is 23.2 Å². The van der Waals surface area contributed by atoms with Crippen LogP contribution in [0.4, 0.5) is 5.69 Å². The van der Waals surface area contributed by atoms with Crippen LogP contribution in [0.2, 0.25) is 5.02 Å². The highest BCUT2D eigenvalue weighted by Crippen LogP contribution is 2.23. The predicted octanol–water partition coefficient (Wildman–Crippen LogP) is 2.14. The summed E-state index contributed by atoms with van der Waals surface area (Å²) in [6, 6.07) is 4.73. The highest BCUT2D eigenvalue weighted by molar-refractivity contribution is 6.36. The normalized spacial score (nSPS) is 12.1. The largest absolute Gasteiger partial charge is 0.398 e. The van der Waals surface area contributed by atoms with Gasteiger partial charge in [-0.25, -0.2) is 4.98 Å². The number of nitrogen functional groups attached to an aromatic ring is 1. The van der Waals surface area contributed by atoms with Crippen LogP contribution in [0.15, 0.2) is 30.6 Å². The zero-order chi connectivity index (χ0) is 13.1. The standard InChI is InChI=1S/C12H13ClN4O/c1-7(11-15-5-6-16-11)17-12(18)8-3-2-4-9(14)10(8)13/h2-7H,14H2,1H3,(H,15,16)(H,17,18). The number of H-pyrrole nitrogens is 1. The van der Waals surface area contributed by atoms with Gasteiger partial charge in [-0.2, -0.15) is 0 Å². The minimum Gasteiger partial charge on any atom is -0.398 e. The number of hydrogen-bond donors (Lipinski definition) is 3. The third-order valence-corrected chi connectivity index (χ3v) is 2.97. The predicted molar refractivity (Wildman–Crippen MR) is 70.3 cm³/mol. The number of imidazole rings is 1. The average Bonchev–Trinajstić information content (AvgIpc) is 2.86. The van der Waals surface area contributed by atoms with Crippen LogP contribution in [-0.2, 0) is 0 Å². The summed E-state index contributed by atoms with van der Waals surface area (Å²) < 4.78 is 0. The summed E-state index contributed by atoms with van der Waals surface area (Å²) in [5.41, 5.74) is 6.39. The third kappa shape index (κ3) is 2.46. The molecule has 0 aliphatic heterocycles. The number of nitrogens with zero attached hydrogens (tertiary/aromatic N) is 1. The Morgan fingerprint density at radius 2 is 2.33 bits per heavy atom. The number of amides is 1. The number of aromatic amines is 1. The Morgan fingerprint density at radius 3 is 3.00 bits per heavy atom. The van der Waals surface area contributed by atoms with Gasteiger partial charge in [-0.1, -0.05) is 17.7 Å². The zero-order valence-corrected chi connectivity index (χ0v) is 10.5. The molecule has 1 aromatic heterocycles. The number of nitrogens with two attached hydrogens (primary N) is 1. The molecule has 1 atom stereocenters. The van der Waals surface area contributed by atoms with Crippen molar-refractivity contribution in [3.8, 4) is 0 Å². The maximum Gasteiger partial charge on any atom is 0.253 e. The number of rotatable bonds is 3. The lowest BCUT2D eigenvalue weighted by atomic mass is 10.1. The average molecular weight is 265 g/mol. The number of halogens is 1. The van der Waals surface area contributed by atoms with Gasteiger partial charge in [-0.05, 0) is 19.1 Å². The summed E-state index contributed by atoms with van der Waals surface area (Å²) >= 11 is 5.99. The van der Waals surface area contributed by atoms with Crippen LogP contribution in [0.3, 0.4) is 0 Å². The van der Waals surface area contributed by atoms with Crippen LogP contribution < -0.4 is 11.1 Å². The topological polar surface area (TPSA) is 83.8 Å². The quantitative estimate of drug-likeness (QED) is 0.743. The number of aromatic nitrogens is 2. The fourth-order valence-corrected chi connectivity index (χ4v) is 1.79. The molecule has 6 heteroatoms. The second kappa shape index (κ2) is 5.10. The number of hydrogen-bond acceptors (Lipinski definition) is 3. The molecule has 94 valence electrons. The molecule has 1 heterocycles. The molecule has 0 aliphatic carbocycles. The first-order chi connectivity index (χ1) is 8.59. The summed E-state index contributed by atoms with van der Waals surface area (Å²) in [5, 5.41) is 3.06. The molecule has 0 bridgehead atoms. The summed E-state index contributed by atoms with van der Waals surface area (Å²) in [4.78, 5) is 19.0. The molecule has 18 heavy (non-hydrogen) atoms. The van der Waals surface area contributed by atoms with Crippen molar-refractivity contribution < 1.29 is 4.79 Å². The molecule has 1 aromatic carbocycles. The van der Waals surface area contributed by atoms with Crippen molar-refractivity contribution in [1.29, 1.82) is 0 Å². The molecule has 1 amide bonds. The van der Waals surface area contributed by atoms with Crippen molar-refractivity contribution in [1.82, 2.24) is 15.3 Å². The van der Waals surface area contributed by atoms with Gasteiger partial charge < -0.3 is 16.0 Å². The van der Waals surface area contributed by atoms with E-state index in [2.05, 4.69) is 15.3 Å². The van der Waals surface area contributed by atoms with Gasteiger partial charge in [0.25, 0.3) is 5.91 Å². The van der Waals surface area contributed by atoms with Gasteiger partial charge in [-0.15, -0.1) is 0 Å². The smallest absolute Gasteiger partial charge is 0.253 e. The number of nitrogens with one attached hydrogen (secondary N) is 2. The lowest BCUT2D eigenvalue weighted by Gasteiger charge is -2.12. The van der Waals surface area contributed by atoms with Crippen LogP contribution >= 0.6 is 11.6 Å². The summed E-state index contributed by atoms with van der Waals surface area (Å²) in [5.74, 6) is 0.402. The number of carbonyl (C=O) groups is 1. The molecule has 4 N–H and O–H groups in total. The molecule has 2 rings (SSSR count). The lowest BCUT2D eigenvalue weighted by molar-refractivity contribution is 0.0938. The first kappa shape index (κ1) is 12.4. The highest BCUT2D eigenvalue weighted by atomic mass is 35.5. The Morgan fingerprint density at radius 1 is 1.56 bits per heavy atom. The fraction of sp³-hybridized carbons (Fsp3) is 0.167. The summed E-state index contributed by atoms with van der Waals surface area (Å²) in [6.45, 7) is 1.83. The molecule has 0 radical (unpaired) electrons. The minimum atomic E-state index is -0.281. The maximum atomic E-state index is 12.0. The van der Waals surface area contributed by atoms with Crippen molar-refractivity contribution in [2.24, 2.45) is 0 Å². The summed E-state index contributed by atoms with van der Waals surface area (Å²) in [6.07, 6.45) is 3.33. The molecule has 0 aliphatic rings. The first-order valence-electron chi connectivity index (χ1n) is 5.43. The monoisotopic (exact) mass is 264 g/mol. The third-order valence-electron chi connectivity index (χ3n) is 2.55. The Labute approximate surface area is 109 Å². The van der Waals surface area contributed by atoms with Crippen molar-refractivity contribution in [2.45, 2.75) is 13.0 Å². The Kier molecular flexibility index (Phi) is 3.53. The second-order valence-electron chi connectivity index (χ2n) is 3.88. The van der Waals surface area contributed by atoms with E-state index in [1.807, 2.05) is 6.92 Å². The van der Waals surface area contributed by atoms with E-state index >= 15 is 0 Å². The van der Waals surface area contributed by atoms with Crippen molar-refractivity contribution in [3.05, 3.63) is 47.0 Å². The van der Waals surface area contributed by atoms with Crippen LogP contribution in [0, 0.1) is 0 Å². The molecular weight excluding hydrogens is 252 g/mol.